The second-order valence-corrected chi connectivity index (χ2v) is 4.71. The maximum atomic E-state index is 9.94. The van der Waals surface area contributed by atoms with E-state index < -0.39 is 0 Å². The van der Waals surface area contributed by atoms with Gasteiger partial charge in [-0.05, 0) is 12.1 Å². The van der Waals surface area contributed by atoms with Gasteiger partial charge in [-0.1, -0.05) is 16.8 Å². The number of hydrogen-bond acceptors (Lipinski definition) is 5. The van der Waals surface area contributed by atoms with Crippen LogP contribution in [-0.2, 0) is 16.0 Å². The van der Waals surface area contributed by atoms with Crippen molar-refractivity contribution in [2.45, 2.75) is 6.42 Å². The molecule has 6 heteroatoms. The molecule has 0 unspecified atom stereocenters. The largest absolute Gasteiger partial charge is 0.467 e. The third-order valence-corrected chi connectivity index (χ3v) is 3.17. The SMILES string of the molecule is O=COCCc1cc(-c2ccc(Cl)s2)no1. The van der Waals surface area contributed by atoms with Crippen LogP contribution in [0.1, 0.15) is 5.76 Å². The van der Waals surface area contributed by atoms with Crippen LogP contribution in [0.25, 0.3) is 10.6 Å². The number of thiophene rings is 1. The van der Waals surface area contributed by atoms with Crippen LogP contribution in [0, 0.1) is 0 Å². The van der Waals surface area contributed by atoms with E-state index in [1.54, 1.807) is 0 Å². The van der Waals surface area contributed by atoms with Crippen LogP contribution in [0.3, 0.4) is 0 Å². The maximum absolute atomic E-state index is 9.94. The van der Waals surface area contributed by atoms with Crippen molar-refractivity contribution in [3.05, 3.63) is 28.3 Å². The van der Waals surface area contributed by atoms with E-state index in [9.17, 15) is 4.79 Å². The van der Waals surface area contributed by atoms with Gasteiger partial charge in [-0.15, -0.1) is 11.3 Å². The van der Waals surface area contributed by atoms with Gasteiger partial charge in [0.25, 0.3) is 6.47 Å². The van der Waals surface area contributed by atoms with Crippen molar-refractivity contribution in [2.24, 2.45) is 0 Å². The zero-order valence-electron chi connectivity index (χ0n) is 8.18. The molecule has 84 valence electrons. The Morgan fingerprint density at radius 3 is 3.12 bits per heavy atom. The summed E-state index contributed by atoms with van der Waals surface area (Å²) in [6.45, 7) is 0.708. The highest BCUT2D eigenvalue weighted by atomic mass is 35.5. The van der Waals surface area contributed by atoms with Crippen molar-refractivity contribution in [2.75, 3.05) is 6.61 Å². The van der Waals surface area contributed by atoms with Gasteiger partial charge in [0.2, 0.25) is 0 Å². The number of nitrogens with zero attached hydrogens (tertiary/aromatic N) is 1. The van der Waals surface area contributed by atoms with E-state index in [1.807, 2.05) is 18.2 Å². The standard InChI is InChI=1S/C10H8ClNO3S/c11-10-2-1-9(16-10)8-5-7(15-12-8)3-4-14-6-13/h1-2,5-6H,3-4H2. The smallest absolute Gasteiger partial charge is 0.293 e. The van der Waals surface area contributed by atoms with Crippen molar-refractivity contribution in [1.82, 2.24) is 5.16 Å². The maximum Gasteiger partial charge on any atom is 0.293 e. The fourth-order valence-electron chi connectivity index (χ4n) is 1.21. The lowest BCUT2D eigenvalue weighted by Crippen LogP contribution is -1.94. The molecule has 0 aliphatic heterocycles. The number of carbonyl (C=O) groups is 1. The van der Waals surface area contributed by atoms with E-state index in [0.717, 1.165) is 10.6 Å². The first-order valence-electron chi connectivity index (χ1n) is 4.56. The minimum absolute atomic E-state index is 0.295. The van der Waals surface area contributed by atoms with E-state index >= 15 is 0 Å². The predicted molar refractivity (Wildman–Crippen MR) is 60.5 cm³/mol. The Morgan fingerprint density at radius 2 is 2.44 bits per heavy atom. The third kappa shape index (κ3) is 2.62. The van der Waals surface area contributed by atoms with Crippen LogP contribution in [0.15, 0.2) is 22.7 Å². The summed E-state index contributed by atoms with van der Waals surface area (Å²) in [5, 5.41) is 3.91. The average Bonchev–Trinajstić information content (AvgIpc) is 2.87. The molecule has 0 N–H and O–H groups in total. The molecule has 0 aliphatic rings. The van der Waals surface area contributed by atoms with Crippen molar-refractivity contribution in [3.8, 4) is 10.6 Å². The number of halogens is 1. The highest BCUT2D eigenvalue weighted by Gasteiger charge is 2.08. The summed E-state index contributed by atoms with van der Waals surface area (Å²) in [5.41, 5.74) is 0.748. The zero-order chi connectivity index (χ0) is 11.4. The number of aromatic nitrogens is 1. The van der Waals surface area contributed by atoms with Crippen molar-refractivity contribution in [1.29, 1.82) is 0 Å². The lowest BCUT2D eigenvalue weighted by atomic mass is 10.3. The molecule has 2 heterocycles. The molecule has 0 atom stereocenters. The molecular formula is C10H8ClNO3S. The molecule has 0 fully saturated rings. The zero-order valence-corrected chi connectivity index (χ0v) is 9.75. The third-order valence-electron chi connectivity index (χ3n) is 1.92. The fraction of sp³-hybridized carbons (Fsp3) is 0.200. The lowest BCUT2D eigenvalue weighted by Gasteiger charge is -1.92. The Hall–Kier alpha value is -1.33. The van der Waals surface area contributed by atoms with Gasteiger partial charge in [0.15, 0.2) is 0 Å². The van der Waals surface area contributed by atoms with Gasteiger partial charge in [0.05, 0.1) is 15.8 Å². The van der Waals surface area contributed by atoms with Gasteiger partial charge in [-0.2, -0.15) is 0 Å². The second-order valence-electron chi connectivity index (χ2n) is 3.00. The van der Waals surface area contributed by atoms with E-state index in [0.29, 0.717) is 29.6 Å². The lowest BCUT2D eigenvalue weighted by molar-refractivity contribution is -0.128. The summed E-state index contributed by atoms with van der Waals surface area (Å²) < 4.78 is 10.4. The Balaban J connectivity index is 2.04. The molecule has 2 rings (SSSR count). The highest BCUT2D eigenvalue weighted by molar-refractivity contribution is 7.19. The van der Waals surface area contributed by atoms with Crippen molar-refractivity contribution >= 4 is 29.4 Å². The average molecular weight is 258 g/mol. The Bertz CT molecular complexity index is 480. The normalized spacial score (nSPS) is 10.3. The second kappa shape index (κ2) is 5.14. The van der Waals surface area contributed by atoms with Crippen LogP contribution in [-0.4, -0.2) is 18.2 Å². The minimum atomic E-state index is 0.295. The molecule has 2 aromatic heterocycles. The summed E-state index contributed by atoms with van der Waals surface area (Å²) in [5.74, 6) is 0.682. The van der Waals surface area contributed by atoms with Crippen LogP contribution in [0.4, 0.5) is 0 Å². The molecule has 0 radical (unpaired) electrons. The van der Waals surface area contributed by atoms with Gasteiger partial charge in [0, 0.05) is 12.5 Å². The minimum Gasteiger partial charge on any atom is -0.467 e. The van der Waals surface area contributed by atoms with Gasteiger partial charge in [0.1, 0.15) is 11.5 Å². The van der Waals surface area contributed by atoms with Crippen molar-refractivity contribution in [3.63, 3.8) is 0 Å². The molecule has 2 aromatic rings. The molecule has 0 saturated heterocycles. The van der Waals surface area contributed by atoms with Gasteiger partial charge in [-0.3, -0.25) is 4.79 Å². The number of carbonyl (C=O) groups excluding carboxylic acids is 1. The molecule has 16 heavy (non-hydrogen) atoms. The van der Waals surface area contributed by atoms with E-state index in [-0.39, 0.29) is 0 Å². The molecule has 0 amide bonds. The molecule has 0 spiro atoms. The predicted octanol–water partition coefficient (Wildman–Crippen LogP) is 2.77. The first-order valence-corrected chi connectivity index (χ1v) is 5.75. The first kappa shape index (κ1) is 11.2. The quantitative estimate of drug-likeness (QED) is 0.610. The van der Waals surface area contributed by atoms with Crippen LogP contribution >= 0.6 is 22.9 Å². The summed E-state index contributed by atoms with van der Waals surface area (Å²) in [6.07, 6.45) is 0.519. The molecule has 0 bridgehead atoms. The summed E-state index contributed by atoms with van der Waals surface area (Å²) in [7, 11) is 0. The highest BCUT2D eigenvalue weighted by Crippen LogP contribution is 2.30. The Labute approximate surface area is 101 Å². The topological polar surface area (TPSA) is 52.3 Å². The van der Waals surface area contributed by atoms with Crippen LogP contribution in [0.5, 0.6) is 0 Å². The molecule has 0 aromatic carbocycles. The molecular weight excluding hydrogens is 250 g/mol. The summed E-state index contributed by atoms with van der Waals surface area (Å²) >= 11 is 7.26. The van der Waals surface area contributed by atoms with Gasteiger partial charge >= 0.3 is 0 Å². The molecule has 4 nitrogen and oxygen atoms in total. The monoisotopic (exact) mass is 257 g/mol. The Morgan fingerprint density at radius 1 is 1.56 bits per heavy atom. The van der Waals surface area contributed by atoms with Gasteiger partial charge < -0.3 is 9.26 Å². The van der Waals surface area contributed by atoms with E-state index in [4.69, 9.17) is 16.1 Å². The van der Waals surface area contributed by atoms with E-state index in [1.165, 1.54) is 11.3 Å². The summed E-state index contributed by atoms with van der Waals surface area (Å²) in [4.78, 5) is 10.9. The molecule has 0 saturated carbocycles. The number of rotatable bonds is 5. The van der Waals surface area contributed by atoms with Crippen molar-refractivity contribution < 1.29 is 14.1 Å². The molecule has 0 aliphatic carbocycles. The number of hydrogen-bond donors (Lipinski definition) is 0. The Kier molecular flexibility index (Phi) is 3.58. The van der Waals surface area contributed by atoms with Crippen LogP contribution in [0.2, 0.25) is 4.34 Å². The first-order chi connectivity index (χ1) is 7.79. The fourth-order valence-corrected chi connectivity index (χ4v) is 2.20. The van der Waals surface area contributed by atoms with E-state index in [2.05, 4.69) is 9.89 Å². The van der Waals surface area contributed by atoms with Gasteiger partial charge in [-0.25, -0.2) is 0 Å². The summed E-state index contributed by atoms with van der Waals surface area (Å²) in [6, 6.07) is 5.51. The number of ether oxygens (including phenoxy) is 1. The van der Waals surface area contributed by atoms with Crippen LogP contribution < -0.4 is 0 Å².